The molecule has 0 saturated carbocycles. The lowest BCUT2D eigenvalue weighted by molar-refractivity contribution is -0.383. The van der Waals surface area contributed by atoms with Crippen molar-refractivity contribution in [2.24, 2.45) is 0 Å². The molecule has 0 atom stereocenters. The van der Waals surface area contributed by atoms with Gasteiger partial charge >= 0.3 is 5.69 Å². The number of nitro benzene ring substituents is 1. The molecule has 2 aromatic rings. The molecule has 0 aromatic heterocycles. The summed E-state index contributed by atoms with van der Waals surface area (Å²) in [4.78, 5) is 10.5. The van der Waals surface area contributed by atoms with Gasteiger partial charge in [0.15, 0.2) is 0 Å². The highest BCUT2D eigenvalue weighted by Crippen LogP contribution is 2.32. The van der Waals surface area contributed by atoms with E-state index >= 15 is 0 Å². The van der Waals surface area contributed by atoms with Gasteiger partial charge in [0.05, 0.1) is 4.92 Å². The third kappa shape index (κ3) is 3.24. The van der Waals surface area contributed by atoms with Gasteiger partial charge in [-0.1, -0.05) is 51.8 Å². The fraction of sp³-hybridized carbons (Fsp3) is 0.0769. The number of benzene rings is 2. The van der Waals surface area contributed by atoms with Crippen LogP contribution < -0.4 is 5.32 Å². The van der Waals surface area contributed by atoms with E-state index in [4.69, 9.17) is 11.6 Å². The van der Waals surface area contributed by atoms with Gasteiger partial charge in [-0.05, 0) is 23.8 Å². The van der Waals surface area contributed by atoms with Crippen molar-refractivity contribution in [2.75, 3.05) is 5.32 Å². The van der Waals surface area contributed by atoms with Gasteiger partial charge in [0, 0.05) is 11.0 Å². The van der Waals surface area contributed by atoms with Crippen LogP contribution in [-0.4, -0.2) is 4.92 Å². The third-order valence-electron chi connectivity index (χ3n) is 2.60. The zero-order valence-electron chi connectivity index (χ0n) is 9.77. The first-order valence-corrected chi connectivity index (χ1v) is 6.67. The topological polar surface area (TPSA) is 55.2 Å². The minimum absolute atomic E-state index is 0.101. The predicted molar refractivity (Wildman–Crippen MR) is 79.6 cm³/mol. The van der Waals surface area contributed by atoms with Gasteiger partial charge in [-0.25, -0.2) is 0 Å². The number of anilines is 1. The number of para-hydroxylation sites is 1. The van der Waals surface area contributed by atoms with Crippen molar-refractivity contribution >= 4 is 38.9 Å². The van der Waals surface area contributed by atoms with Gasteiger partial charge in [-0.2, -0.15) is 0 Å². The fourth-order valence-electron chi connectivity index (χ4n) is 1.68. The van der Waals surface area contributed by atoms with Crippen LogP contribution in [0.4, 0.5) is 11.4 Å². The Hall–Kier alpha value is -1.59. The summed E-state index contributed by atoms with van der Waals surface area (Å²) in [7, 11) is 0. The molecule has 0 aliphatic rings. The smallest absolute Gasteiger partial charge is 0.310 e. The first-order valence-electron chi connectivity index (χ1n) is 5.50. The Balaban J connectivity index is 2.23. The SMILES string of the molecule is O=[N+]([O-])c1c(Cl)cccc1NCc1ccccc1Br. The molecule has 98 valence electrons. The van der Waals surface area contributed by atoms with Gasteiger partial charge in [-0.15, -0.1) is 0 Å². The van der Waals surface area contributed by atoms with Crippen molar-refractivity contribution in [3.05, 3.63) is 67.6 Å². The van der Waals surface area contributed by atoms with Crippen LogP contribution in [0.3, 0.4) is 0 Å². The van der Waals surface area contributed by atoms with Gasteiger partial charge < -0.3 is 5.32 Å². The average Bonchev–Trinajstić information content (AvgIpc) is 2.37. The molecule has 4 nitrogen and oxygen atoms in total. The van der Waals surface area contributed by atoms with Crippen LogP contribution >= 0.6 is 27.5 Å². The van der Waals surface area contributed by atoms with Gasteiger partial charge in [0.2, 0.25) is 0 Å². The summed E-state index contributed by atoms with van der Waals surface area (Å²) in [5, 5.41) is 14.2. The monoisotopic (exact) mass is 340 g/mol. The maximum absolute atomic E-state index is 11.0. The summed E-state index contributed by atoms with van der Waals surface area (Å²) >= 11 is 9.28. The molecule has 2 aromatic carbocycles. The normalized spacial score (nSPS) is 10.2. The Kier molecular flexibility index (Phi) is 4.39. The van der Waals surface area contributed by atoms with E-state index in [9.17, 15) is 10.1 Å². The molecule has 0 unspecified atom stereocenters. The molecule has 2 rings (SSSR count). The van der Waals surface area contributed by atoms with E-state index in [0.29, 0.717) is 12.2 Å². The number of hydrogen-bond acceptors (Lipinski definition) is 3. The maximum Gasteiger partial charge on any atom is 0.310 e. The first-order chi connectivity index (χ1) is 9.09. The lowest BCUT2D eigenvalue weighted by Crippen LogP contribution is -2.03. The number of halogens is 2. The minimum atomic E-state index is -0.481. The largest absolute Gasteiger partial charge is 0.375 e. The lowest BCUT2D eigenvalue weighted by atomic mass is 10.2. The van der Waals surface area contributed by atoms with Crippen molar-refractivity contribution in [3.8, 4) is 0 Å². The van der Waals surface area contributed by atoms with Gasteiger partial charge in [0.25, 0.3) is 0 Å². The van der Waals surface area contributed by atoms with Crippen molar-refractivity contribution in [1.29, 1.82) is 0 Å². The van der Waals surface area contributed by atoms with Crippen LogP contribution in [0.5, 0.6) is 0 Å². The zero-order valence-corrected chi connectivity index (χ0v) is 12.1. The molecule has 0 radical (unpaired) electrons. The summed E-state index contributed by atoms with van der Waals surface area (Å²) in [6.07, 6.45) is 0. The van der Waals surface area contributed by atoms with Crippen molar-refractivity contribution in [3.63, 3.8) is 0 Å². The predicted octanol–water partition coefficient (Wildman–Crippen LogP) is 4.62. The maximum atomic E-state index is 11.0. The molecule has 0 aliphatic heterocycles. The summed E-state index contributed by atoms with van der Waals surface area (Å²) in [6, 6.07) is 12.5. The molecule has 0 amide bonds. The first kappa shape index (κ1) is 13.8. The Bertz CT molecular complexity index is 619. The Morgan fingerprint density at radius 2 is 1.95 bits per heavy atom. The summed E-state index contributed by atoms with van der Waals surface area (Å²) < 4.78 is 0.951. The second-order valence-electron chi connectivity index (χ2n) is 3.84. The highest BCUT2D eigenvalue weighted by molar-refractivity contribution is 9.10. The minimum Gasteiger partial charge on any atom is -0.375 e. The molecule has 0 bridgehead atoms. The van der Waals surface area contributed by atoms with Gasteiger partial charge in [0.1, 0.15) is 10.7 Å². The third-order valence-corrected chi connectivity index (χ3v) is 3.68. The summed E-state index contributed by atoms with van der Waals surface area (Å²) in [5.41, 5.74) is 1.32. The Labute approximate surface area is 123 Å². The van der Waals surface area contributed by atoms with E-state index in [1.54, 1.807) is 12.1 Å². The van der Waals surface area contributed by atoms with E-state index < -0.39 is 4.92 Å². The zero-order chi connectivity index (χ0) is 13.8. The van der Waals surface area contributed by atoms with Crippen LogP contribution in [0.25, 0.3) is 0 Å². The van der Waals surface area contributed by atoms with Crippen LogP contribution in [-0.2, 0) is 6.54 Å². The van der Waals surface area contributed by atoms with Crippen molar-refractivity contribution < 1.29 is 4.92 Å². The number of hydrogen-bond donors (Lipinski definition) is 1. The number of rotatable bonds is 4. The van der Waals surface area contributed by atoms with Gasteiger partial charge in [-0.3, -0.25) is 10.1 Å². The Morgan fingerprint density at radius 3 is 2.63 bits per heavy atom. The van der Waals surface area contributed by atoms with Crippen molar-refractivity contribution in [1.82, 2.24) is 0 Å². The van der Waals surface area contributed by atoms with E-state index in [2.05, 4.69) is 21.2 Å². The molecule has 0 fully saturated rings. The Morgan fingerprint density at radius 1 is 1.21 bits per heavy atom. The van der Waals surface area contributed by atoms with Crippen LogP contribution in [0, 0.1) is 10.1 Å². The molecule has 0 heterocycles. The molecule has 0 spiro atoms. The van der Waals surface area contributed by atoms with Crippen LogP contribution in [0.2, 0.25) is 5.02 Å². The van der Waals surface area contributed by atoms with E-state index in [1.807, 2.05) is 24.3 Å². The second kappa shape index (κ2) is 6.04. The average molecular weight is 342 g/mol. The second-order valence-corrected chi connectivity index (χ2v) is 5.10. The standard InChI is InChI=1S/C13H10BrClN2O2/c14-10-5-2-1-4-9(10)8-16-12-7-3-6-11(15)13(12)17(18)19/h1-7,16H,8H2. The quantitative estimate of drug-likeness (QED) is 0.652. The molecular formula is C13H10BrClN2O2. The highest BCUT2D eigenvalue weighted by Gasteiger charge is 2.17. The fourth-order valence-corrected chi connectivity index (χ4v) is 2.34. The molecule has 1 N–H and O–H groups in total. The number of nitrogens with zero attached hydrogens (tertiary/aromatic N) is 1. The molecule has 0 saturated heterocycles. The summed E-state index contributed by atoms with van der Waals surface area (Å²) in [6.45, 7) is 0.475. The van der Waals surface area contributed by atoms with E-state index in [1.165, 1.54) is 6.07 Å². The van der Waals surface area contributed by atoms with E-state index in [-0.39, 0.29) is 10.7 Å². The molecular weight excluding hydrogens is 332 g/mol. The highest BCUT2D eigenvalue weighted by atomic mass is 79.9. The lowest BCUT2D eigenvalue weighted by Gasteiger charge is -2.09. The van der Waals surface area contributed by atoms with Crippen molar-refractivity contribution in [2.45, 2.75) is 6.54 Å². The molecule has 6 heteroatoms. The summed E-state index contributed by atoms with van der Waals surface area (Å²) in [5.74, 6) is 0. The molecule has 19 heavy (non-hydrogen) atoms. The number of nitro groups is 1. The van der Waals surface area contributed by atoms with Crippen LogP contribution in [0.1, 0.15) is 5.56 Å². The molecule has 0 aliphatic carbocycles. The van der Waals surface area contributed by atoms with E-state index in [0.717, 1.165) is 10.0 Å². The van der Waals surface area contributed by atoms with Crippen LogP contribution in [0.15, 0.2) is 46.9 Å². The number of nitrogens with one attached hydrogen (secondary N) is 1.